The average Bonchev–Trinajstić information content (AvgIpc) is 2.94. The summed E-state index contributed by atoms with van der Waals surface area (Å²) in [6.45, 7) is 8.44. The standard InChI is InChI=1S/C28H35N7O3/c1-21-7-9-22(10-8-21)30-28(37)35-17-15-34(16-18-35)27-29-23(19-26(36)31-27)20-32-11-13-33(14-12-32)24-5-3-4-6-25(24)38-2/h3-10,19H,11-18,20H2,1-2H3,(H,30,37)(H,29,31,36). The number of aromatic amines is 1. The van der Waals surface area contributed by atoms with Crippen LogP contribution in [0.1, 0.15) is 11.3 Å². The molecule has 0 saturated carbocycles. The molecule has 38 heavy (non-hydrogen) atoms. The van der Waals surface area contributed by atoms with E-state index in [1.807, 2.05) is 54.3 Å². The maximum atomic E-state index is 12.7. The van der Waals surface area contributed by atoms with Gasteiger partial charge in [0.05, 0.1) is 18.5 Å². The van der Waals surface area contributed by atoms with Gasteiger partial charge in [0.2, 0.25) is 5.95 Å². The second kappa shape index (κ2) is 11.6. The number of aryl methyl sites for hydroxylation is 1. The number of H-pyrrole nitrogens is 1. The first-order valence-corrected chi connectivity index (χ1v) is 13.1. The Morgan fingerprint density at radius 3 is 2.34 bits per heavy atom. The molecule has 2 aliphatic rings. The molecular weight excluding hydrogens is 482 g/mol. The van der Waals surface area contributed by atoms with E-state index in [-0.39, 0.29) is 11.6 Å². The quantitative estimate of drug-likeness (QED) is 0.519. The maximum Gasteiger partial charge on any atom is 0.321 e. The predicted octanol–water partition coefficient (Wildman–Crippen LogP) is 2.76. The fourth-order valence-electron chi connectivity index (χ4n) is 4.95. The number of aromatic nitrogens is 2. The van der Waals surface area contributed by atoms with Crippen LogP contribution in [-0.4, -0.2) is 85.3 Å². The van der Waals surface area contributed by atoms with Crippen molar-refractivity contribution in [3.8, 4) is 5.75 Å². The van der Waals surface area contributed by atoms with Gasteiger partial charge in [0, 0.05) is 70.7 Å². The highest BCUT2D eigenvalue weighted by molar-refractivity contribution is 5.89. The van der Waals surface area contributed by atoms with Gasteiger partial charge in [0.1, 0.15) is 5.75 Å². The fraction of sp³-hybridized carbons (Fsp3) is 0.393. The van der Waals surface area contributed by atoms with Crippen LogP contribution in [0, 0.1) is 6.92 Å². The van der Waals surface area contributed by atoms with E-state index in [1.54, 1.807) is 18.1 Å². The highest BCUT2D eigenvalue weighted by atomic mass is 16.5. The molecule has 2 aromatic carbocycles. The third-order valence-electron chi connectivity index (χ3n) is 7.14. The number of carbonyl (C=O) groups excluding carboxylic acids is 1. The molecule has 0 aliphatic carbocycles. The number of methoxy groups -OCH3 is 1. The van der Waals surface area contributed by atoms with Gasteiger partial charge in [-0.2, -0.15) is 0 Å². The minimum Gasteiger partial charge on any atom is -0.495 e. The minimum atomic E-state index is -0.155. The van der Waals surface area contributed by atoms with Gasteiger partial charge in [0.15, 0.2) is 0 Å². The SMILES string of the molecule is COc1ccccc1N1CCN(Cc2cc(=O)[nH]c(N3CCN(C(=O)Nc4ccc(C)cc4)CC3)n2)CC1. The number of urea groups is 1. The number of ether oxygens (including phenoxy) is 1. The highest BCUT2D eigenvalue weighted by Crippen LogP contribution is 2.28. The van der Waals surface area contributed by atoms with Crippen molar-refractivity contribution in [1.29, 1.82) is 0 Å². The molecule has 3 aromatic rings. The molecule has 10 nitrogen and oxygen atoms in total. The Morgan fingerprint density at radius 1 is 0.947 bits per heavy atom. The summed E-state index contributed by atoms with van der Waals surface area (Å²) in [6.07, 6.45) is 0. The number of amides is 2. The molecule has 2 N–H and O–H groups in total. The van der Waals surface area contributed by atoms with Crippen LogP contribution >= 0.6 is 0 Å². The number of para-hydroxylation sites is 2. The molecule has 200 valence electrons. The lowest BCUT2D eigenvalue weighted by Gasteiger charge is -2.37. The van der Waals surface area contributed by atoms with E-state index in [4.69, 9.17) is 9.72 Å². The van der Waals surface area contributed by atoms with E-state index in [0.717, 1.165) is 54.6 Å². The lowest BCUT2D eigenvalue weighted by Crippen LogP contribution is -2.51. The number of hydrogen-bond donors (Lipinski definition) is 2. The Labute approximate surface area is 222 Å². The van der Waals surface area contributed by atoms with Gasteiger partial charge in [0.25, 0.3) is 5.56 Å². The molecular formula is C28H35N7O3. The summed E-state index contributed by atoms with van der Waals surface area (Å²) < 4.78 is 5.52. The Morgan fingerprint density at radius 2 is 1.63 bits per heavy atom. The third kappa shape index (κ3) is 6.08. The maximum absolute atomic E-state index is 12.7. The van der Waals surface area contributed by atoms with Crippen LogP contribution in [0.5, 0.6) is 5.75 Å². The molecule has 2 fully saturated rings. The zero-order chi connectivity index (χ0) is 26.5. The first kappa shape index (κ1) is 25.6. The van der Waals surface area contributed by atoms with Crippen LogP contribution in [-0.2, 0) is 6.54 Å². The first-order chi connectivity index (χ1) is 18.5. The Balaban J connectivity index is 1.15. The molecule has 2 saturated heterocycles. The van der Waals surface area contributed by atoms with Gasteiger partial charge in [-0.25, -0.2) is 9.78 Å². The number of nitrogens with one attached hydrogen (secondary N) is 2. The lowest BCUT2D eigenvalue weighted by molar-refractivity contribution is 0.208. The number of benzene rings is 2. The number of piperazine rings is 2. The number of hydrogen-bond acceptors (Lipinski definition) is 7. The molecule has 2 aliphatic heterocycles. The molecule has 0 bridgehead atoms. The molecule has 5 rings (SSSR count). The second-order valence-corrected chi connectivity index (χ2v) is 9.77. The van der Waals surface area contributed by atoms with Crippen molar-refractivity contribution in [1.82, 2.24) is 19.8 Å². The summed E-state index contributed by atoms with van der Waals surface area (Å²) in [5, 5.41) is 2.96. The lowest BCUT2D eigenvalue weighted by atomic mass is 10.2. The van der Waals surface area contributed by atoms with Crippen molar-refractivity contribution in [2.24, 2.45) is 0 Å². The van der Waals surface area contributed by atoms with Crippen LogP contribution in [0.15, 0.2) is 59.4 Å². The number of nitrogens with zero attached hydrogens (tertiary/aromatic N) is 5. The van der Waals surface area contributed by atoms with Crippen molar-refractivity contribution in [2.75, 3.05) is 74.6 Å². The van der Waals surface area contributed by atoms with Crippen LogP contribution in [0.4, 0.5) is 22.1 Å². The van der Waals surface area contributed by atoms with E-state index < -0.39 is 0 Å². The second-order valence-electron chi connectivity index (χ2n) is 9.77. The van der Waals surface area contributed by atoms with Gasteiger partial charge >= 0.3 is 6.03 Å². The van der Waals surface area contributed by atoms with Crippen LogP contribution in [0.25, 0.3) is 0 Å². The normalized spacial score (nSPS) is 16.4. The van der Waals surface area contributed by atoms with Crippen LogP contribution in [0.3, 0.4) is 0 Å². The van der Waals surface area contributed by atoms with E-state index in [1.165, 1.54) is 0 Å². The Bertz CT molecular complexity index is 1290. The van der Waals surface area contributed by atoms with Crippen molar-refractivity contribution in [2.45, 2.75) is 13.5 Å². The molecule has 0 atom stereocenters. The molecule has 3 heterocycles. The Kier molecular flexibility index (Phi) is 7.78. The van der Waals surface area contributed by atoms with Gasteiger partial charge in [-0.05, 0) is 31.2 Å². The average molecular weight is 518 g/mol. The third-order valence-corrected chi connectivity index (χ3v) is 7.14. The van der Waals surface area contributed by atoms with Crippen molar-refractivity contribution in [3.63, 3.8) is 0 Å². The van der Waals surface area contributed by atoms with Crippen molar-refractivity contribution in [3.05, 3.63) is 76.2 Å². The number of anilines is 3. The van der Waals surface area contributed by atoms with Crippen molar-refractivity contribution < 1.29 is 9.53 Å². The number of carbonyl (C=O) groups is 1. The van der Waals surface area contributed by atoms with Crippen LogP contribution in [0.2, 0.25) is 0 Å². The molecule has 0 radical (unpaired) electrons. The van der Waals surface area contributed by atoms with Gasteiger partial charge < -0.3 is 24.8 Å². The van der Waals surface area contributed by atoms with E-state index in [9.17, 15) is 9.59 Å². The smallest absolute Gasteiger partial charge is 0.321 e. The van der Waals surface area contributed by atoms with Gasteiger partial charge in [-0.3, -0.25) is 14.7 Å². The molecule has 1 aromatic heterocycles. The molecule has 2 amide bonds. The zero-order valence-corrected chi connectivity index (χ0v) is 22.0. The summed E-state index contributed by atoms with van der Waals surface area (Å²) in [7, 11) is 1.70. The van der Waals surface area contributed by atoms with Crippen LogP contribution < -0.4 is 25.4 Å². The first-order valence-electron chi connectivity index (χ1n) is 13.1. The topological polar surface area (TPSA) is 97.0 Å². The predicted molar refractivity (Wildman–Crippen MR) is 149 cm³/mol. The summed E-state index contributed by atoms with van der Waals surface area (Å²) >= 11 is 0. The monoisotopic (exact) mass is 517 g/mol. The zero-order valence-electron chi connectivity index (χ0n) is 22.0. The number of rotatable bonds is 6. The van der Waals surface area contributed by atoms with E-state index in [2.05, 4.69) is 26.2 Å². The van der Waals surface area contributed by atoms with Gasteiger partial charge in [-0.15, -0.1) is 0 Å². The van der Waals surface area contributed by atoms with E-state index in [0.29, 0.717) is 38.7 Å². The summed E-state index contributed by atoms with van der Waals surface area (Å²) in [5.74, 6) is 1.45. The fourth-order valence-corrected chi connectivity index (χ4v) is 4.95. The largest absolute Gasteiger partial charge is 0.495 e. The summed E-state index contributed by atoms with van der Waals surface area (Å²) in [5.41, 5.74) is 3.64. The molecule has 0 spiro atoms. The Hall–Kier alpha value is -4.05. The van der Waals surface area contributed by atoms with Gasteiger partial charge in [-0.1, -0.05) is 29.8 Å². The summed E-state index contributed by atoms with van der Waals surface area (Å²) in [6, 6.07) is 17.3. The highest BCUT2D eigenvalue weighted by Gasteiger charge is 2.24. The van der Waals surface area contributed by atoms with Crippen molar-refractivity contribution >= 4 is 23.4 Å². The van der Waals surface area contributed by atoms with E-state index >= 15 is 0 Å². The molecule has 0 unspecified atom stereocenters. The minimum absolute atomic E-state index is 0.115. The molecule has 10 heteroatoms. The summed E-state index contributed by atoms with van der Waals surface area (Å²) in [4.78, 5) is 41.3.